The van der Waals surface area contributed by atoms with Gasteiger partial charge in [0.05, 0.1) is 36.7 Å². The van der Waals surface area contributed by atoms with Crippen molar-refractivity contribution in [2.24, 2.45) is 5.73 Å². The molecule has 2 heterocycles. The largest absolute Gasteiger partial charge is 0.548 e. The van der Waals surface area contributed by atoms with E-state index in [-0.39, 0.29) is 0 Å². The van der Waals surface area contributed by atoms with Crippen molar-refractivity contribution < 1.29 is 19.5 Å². The number of hydrogen-bond acceptors (Lipinski definition) is 6. The number of unbranched alkanes of at least 4 members (excludes halogenated alkanes) is 20. The first-order chi connectivity index (χ1) is 27.5. The van der Waals surface area contributed by atoms with Gasteiger partial charge < -0.3 is 25.9 Å². The van der Waals surface area contributed by atoms with Crippen LogP contribution in [0, 0.1) is 0 Å². The first kappa shape index (κ1) is 51.5. The highest BCUT2D eigenvalue weighted by molar-refractivity contribution is 8.01. The Labute approximate surface area is 355 Å². The van der Waals surface area contributed by atoms with Gasteiger partial charge in [-0.2, -0.15) is 0 Å². The molecule has 2 aliphatic rings. The normalized spacial score (nSPS) is 19.0. The van der Waals surface area contributed by atoms with Crippen LogP contribution in [0.1, 0.15) is 207 Å². The Morgan fingerprint density at radius 1 is 0.684 bits per heavy atom. The predicted molar refractivity (Wildman–Crippen MR) is 246 cm³/mol. The molecule has 9 heteroatoms. The van der Waals surface area contributed by atoms with Gasteiger partial charge >= 0.3 is 0 Å². The van der Waals surface area contributed by atoms with E-state index in [2.05, 4.69) is 33.0 Å². The van der Waals surface area contributed by atoms with E-state index in [1.54, 1.807) is 88.4 Å². The zero-order valence-corrected chi connectivity index (χ0v) is 39.2. The Morgan fingerprint density at radius 3 is 1.44 bits per heavy atom. The van der Waals surface area contributed by atoms with Crippen LogP contribution in [0.15, 0.2) is 30.3 Å². The summed E-state index contributed by atoms with van der Waals surface area (Å²) in [6, 6.07) is 6.19. The molecule has 0 radical (unpaired) electrons. The van der Waals surface area contributed by atoms with Crippen molar-refractivity contribution in [1.82, 2.24) is 10.2 Å². The second-order valence-corrected chi connectivity index (χ2v) is 24.0. The molecule has 4 atom stereocenters. The number of aliphatic carboxylic acids is 1. The molecule has 2 amide bonds. The van der Waals surface area contributed by atoms with Gasteiger partial charge in [0.2, 0.25) is 11.8 Å². The molecule has 0 bridgehead atoms. The maximum atomic E-state index is 12.3. The third kappa shape index (κ3) is 18.7. The maximum absolute atomic E-state index is 12.3. The molecule has 0 unspecified atom stereocenters. The number of β-lactam (4-membered cyclic amide) rings is 1. The van der Waals surface area contributed by atoms with Crippen molar-refractivity contribution in [2.45, 2.75) is 224 Å². The number of amides is 2. The quantitative estimate of drug-likeness (QED) is 0.0424. The highest BCUT2D eigenvalue weighted by Gasteiger charge is 2.62. The summed E-state index contributed by atoms with van der Waals surface area (Å²) in [6.45, 7) is 12.9. The van der Waals surface area contributed by atoms with Crippen LogP contribution < -0.4 is 16.2 Å². The molecular formula is C48H86N3O4PS. The Balaban J connectivity index is 0.000000410. The van der Waals surface area contributed by atoms with Gasteiger partial charge in [0.1, 0.15) is 17.5 Å². The summed E-state index contributed by atoms with van der Waals surface area (Å²) in [5.74, 6) is -2.16. The van der Waals surface area contributed by atoms with Crippen LogP contribution in [-0.2, 0) is 14.4 Å². The van der Waals surface area contributed by atoms with Crippen LogP contribution in [0.3, 0.4) is 0 Å². The maximum Gasteiger partial charge on any atom is 0.249 e. The Kier molecular flexibility index (Phi) is 26.7. The standard InChI is InChI=1S/C32H68P.C16H19N3O4S/c1-5-9-13-17-18-19-20-21-22-23-24-28-32-33(29-25-14-10-6-2,30-26-15-11-7-3)31-27-16-12-8-4;1-16(2)11(15(22)23)19-13(21)10(14(19)24-16)18-12(20)9(17)8-6-4-3-5-7-8/h5-32H2,1-4H3;3-7,9-11,14H,17H2,1-2H3,(H,18,20)(H,22,23)/q+1;/p-1/t;9-,10-,11+,14-/m.1/s1. The van der Waals surface area contributed by atoms with E-state index in [9.17, 15) is 19.5 Å². The van der Waals surface area contributed by atoms with E-state index in [0.717, 1.165) is 0 Å². The van der Waals surface area contributed by atoms with Gasteiger partial charge in [-0.3, -0.25) is 9.59 Å². The number of thioether (sulfide) groups is 1. The van der Waals surface area contributed by atoms with E-state index in [1.807, 2.05) is 6.07 Å². The second kappa shape index (κ2) is 29.6. The molecule has 7 nitrogen and oxygen atoms in total. The molecule has 2 aliphatic heterocycles. The summed E-state index contributed by atoms with van der Waals surface area (Å²) in [5.41, 5.74) is 6.57. The number of carbonyl (C=O) groups is 3. The first-order valence-corrected chi connectivity index (χ1v) is 27.1. The van der Waals surface area contributed by atoms with Crippen molar-refractivity contribution in [2.75, 3.05) is 24.6 Å². The number of carboxylic acids is 1. The summed E-state index contributed by atoms with van der Waals surface area (Å²) >= 11 is 1.34. The van der Waals surface area contributed by atoms with Gasteiger partial charge in [0.15, 0.2) is 0 Å². The van der Waals surface area contributed by atoms with Gasteiger partial charge in [-0.15, -0.1) is 11.8 Å². The number of rotatable bonds is 32. The van der Waals surface area contributed by atoms with Crippen LogP contribution >= 0.6 is 19.0 Å². The number of fused-ring (bicyclic) bond motifs is 1. The average Bonchev–Trinajstić information content (AvgIpc) is 3.47. The SMILES string of the molecule is CC1(C)S[C@@H]2[C@H](NC(=O)[C@H](N)c3ccccc3)C(=O)N2[C@H]1C(=O)[O-].CCCCCCCCCCCCCC[P+](CCCCCC)(CCCCCC)CCCCCC. The lowest BCUT2D eigenvalue weighted by molar-refractivity contribution is -0.312. The molecule has 0 spiro atoms. The lowest BCUT2D eigenvalue weighted by atomic mass is 9.95. The summed E-state index contributed by atoms with van der Waals surface area (Å²) < 4.78 is -0.680. The fourth-order valence-corrected chi connectivity index (χ4v) is 15.3. The smallest absolute Gasteiger partial charge is 0.249 e. The number of carboxylic acid groups (broad SMARTS) is 1. The predicted octanol–water partition coefficient (Wildman–Crippen LogP) is 11.4. The Bertz CT molecular complexity index is 1200. The number of nitrogens with zero attached hydrogens (tertiary/aromatic N) is 1. The average molecular weight is 832 g/mol. The molecule has 0 aliphatic carbocycles. The Hall–Kier alpha value is -1.63. The number of benzene rings is 1. The number of nitrogens with two attached hydrogens (primary N) is 1. The van der Waals surface area contributed by atoms with Crippen molar-refractivity contribution in [3.63, 3.8) is 0 Å². The van der Waals surface area contributed by atoms with Gasteiger partial charge in [-0.05, 0) is 70.8 Å². The van der Waals surface area contributed by atoms with Crippen LogP contribution in [0.25, 0.3) is 0 Å². The molecule has 328 valence electrons. The molecular weight excluding hydrogens is 746 g/mol. The summed E-state index contributed by atoms with van der Waals surface area (Å²) in [7, 11) is -0.697. The van der Waals surface area contributed by atoms with E-state index >= 15 is 0 Å². The third-order valence-corrected chi connectivity index (χ3v) is 19.0. The summed E-state index contributed by atoms with van der Waals surface area (Å²) in [5, 5.41) is 13.6. The van der Waals surface area contributed by atoms with Crippen molar-refractivity contribution in [3.8, 4) is 0 Å². The molecule has 2 fully saturated rings. The highest BCUT2D eigenvalue weighted by atomic mass is 32.2. The van der Waals surface area contributed by atoms with Crippen LogP contribution in [0.2, 0.25) is 0 Å². The number of nitrogens with one attached hydrogen (secondary N) is 1. The molecule has 0 saturated carbocycles. The van der Waals surface area contributed by atoms with Crippen molar-refractivity contribution in [3.05, 3.63) is 35.9 Å². The van der Waals surface area contributed by atoms with Gasteiger partial charge in [0.25, 0.3) is 0 Å². The lowest BCUT2D eigenvalue weighted by Crippen LogP contribution is -2.72. The fourth-order valence-electron chi connectivity index (χ4n) is 8.76. The van der Waals surface area contributed by atoms with E-state index in [4.69, 9.17) is 5.73 Å². The van der Waals surface area contributed by atoms with E-state index in [1.165, 1.54) is 145 Å². The third-order valence-electron chi connectivity index (χ3n) is 12.3. The monoisotopic (exact) mass is 832 g/mol. The molecule has 1 aromatic carbocycles. The van der Waals surface area contributed by atoms with Gasteiger partial charge in [-0.1, -0.05) is 161 Å². The van der Waals surface area contributed by atoms with Crippen molar-refractivity contribution >= 4 is 36.8 Å². The fraction of sp³-hybridized carbons (Fsp3) is 0.812. The summed E-state index contributed by atoms with van der Waals surface area (Å²) in [4.78, 5) is 37.2. The zero-order valence-electron chi connectivity index (χ0n) is 37.5. The van der Waals surface area contributed by atoms with Gasteiger partial charge in [-0.25, -0.2) is 0 Å². The van der Waals surface area contributed by atoms with Gasteiger partial charge in [0, 0.05) is 12.0 Å². The first-order valence-electron chi connectivity index (χ1n) is 23.6. The highest BCUT2D eigenvalue weighted by Crippen LogP contribution is 2.61. The van der Waals surface area contributed by atoms with Crippen LogP contribution in [0.4, 0.5) is 0 Å². The Morgan fingerprint density at radius 2 is 1.05 bits per heavy atom. The molecule has 57 heavy (non-hydrogen) atoms. The van der Waals surface area contributed by atoms with Crippen molar-refractivity contribution in [1.29, 1.82) is 0 Å². The molecule has 1 aromatic rings. The minimum Gasteiger partial charge on any atom is -0.548 e. The molecule has 3 rings (SSSR count). The molecule has 0 aromatic heterocycles. The van der Waals surface area contributed by atoms with Crippen LogP contribution in [0.5, 0.6) is 0 Å². The zero-order chi connectivity index (χ0) is 41.9. The molecule has 3 N–H and O–H groups in total. The van der Waals surface area contributed by atoms with E-state index in [0.29, 0.717) is 5.56 Å². The molecule has 2 saturated heterocycles. The lowest BCUT2D eigenvalue weighted by Gasteiger charge is -2.45. The topological polar surface area (TPSA) is 116 Å². The second-order valence-electron chi connectivity index (χ2n) is 17.8. The van der Waals surface area contributed by atoms with E-state index < -0.39 is 53.3 Å². The van der Waals surface area contributed by atoms with Crippen LogP contribution in [-0.4, -0.2) is 69.5 Å². The number of carbonyl (C=O) groups excluding carboxylic acids is 3. The minimum atomic E-state index is -1.28. The summed E-state index contributed by atoms with van der Waals surface area (Å²) in [6.07, 6.45) is 42.1. The minimum absolute atomic E-state index is 0.415. The number of hydrogen-bond donors (Lipinski definition) is 2.